The maximum absolute atomic E-state index is 15.5. The summed E-state index contributed by atoms with van der Waals surface area (Å²) in [6.45, 7) is 1.25. The van der Waals surface area contributed by atoms with Gasteiger partial charge in [-0.05, 0) is 36.4 Å². The van der Waals surface area contributed by atoms with Gasteiger partial charge in [-0.2, -0.15) is 0 Å². The van der Waals surface area contributed by atoms with Crippen LogP contribution < -0.4 is 25.4 Å². The van der Waals surface area contributed by atoms with Crippen molar-refractivity contribution in [2.45, 2.75) is 6.10 Å². The van der Waals surface area contributed by atoms with Crippen LogP contribution in [0.5, 0.6) is 0 Å². The average molecular weight is 680 g/mol. The highest BCUT2D eigenvalue weighted by Crippen LogP contribution is 2.31. The number of pyridine rings is 2. The van der Waals surface area contributed by atoms with Crippen molar-refractivity contribution in [2.75, 3.05) is 59.3 Å². The van der Waals surface area contributed by atoms with Crippen LogP contribution in [0.15, 0.2) is 70.3 Å². The van der Waals surface area contributed by atoms with Crippen molar-refractivity contribution in [1.82, 2.24) is 14.7 Å². The Balaban J connectivity index is 1.10. The number of halogens is 4. The lowest BCUT2D eigenvalue weighted by Crippen LogP contribution is -2.47. The first kappa shape index (κ1) is 31.5. The summed E-state index contributed by atoms with van der Waals surface area (Å²) in [5, 5.41) is 15.9. The molecule has 2 aromatic carbocycles. The van der Waals surface area contributed by atoms with E-state index in [0.717, 1.165) is 29.0 Å². The summed E-state index contributed by atoms with van der Waals surface area (Å²) in [6, 6.07) is 9.42. The summed E-state index contributed by atoms with van der Waals surface area (Å²) in [6.07, 6.45) is 1.13. The first-order valence-electron chi connectivity index (χ1n) is 14.9. The van der Waals surface area contributed by atoms with E-state index in [1.165, 1.54) is 17.2 Å². The van der Waals surface area contributed by atoms with Gasteiger partial charge in [0.2, 0.25) is 5.43 Å². The minimum atomic E-state index is -1.62. The molecule has 1 atom stereocenters. The predicted molar refractivity (Wildman–Crippen MR) is 168 cm³/mol. The van der Waals surface area contributed by atoms with Crippen molar-refractivity contribution in [1.29, 1.82) is 0 Å². The number of amides is 1. The molecule has 2 N–H and O–H groups in total. The third kappa shape index (κ3) is 5.94. The van der Waals surface area contributed by atoms with Gasteiger partial charge in [0.05, 0.1) is 35.5 Å². The van der Waals surface area contributed by atoms with Crippen molar-refractivity contribution < 1.29 is 41.5 Å². The van der Waals surface area contributed by atoms with Crippen LogP contribution >= 0.6 is 0 Å². The number of hydrogen-bond acceptors (Lipinski definition) is 10. The number of nitrogens with one attached hydrogen (secondary N) is 1. The third-order valence-corrected chi connectivity index (χ3v) is 8.30. The Morgan fingerprint density at radius 1 is 0.918 bits per heavy atom. The summed E-state index contributed by atoms with van der Waals surface area (Å²) in [5.41, 5.74) is -1.75. The molecule has 13 nitrogen and oxygen atoms in total. The molecular weight excluding hydrogens is 654 g/mol. The molecule has 2 fully saturated rings. The van der Waals surface area contributed by atoms with Crippen molar-refractivity contribution >= 4 is 46.1 Å². The van der Waals surface area contributed by atoms with Crippen LogP contribution in [0.25, 0.3) is 16.7 Å². The fourth-order valence-electron chi connectivity index (χ4n) is 5.89. The Morgan fingerprint density at radius 3 is 2.35 bits per heavy atom. The van der Waals surface area contributed by atoms with Gasteiger partial charge < -0.3 is 29.5 Å². The van der Waals surface area contributed by atoms with Crippen LogP contribution in [0, 0.1) is 23.3 Å². The van der Waals surface area contributed by atoms with Crippen LogP contribution in [-0.4, -0.2) is 77.2 Å². The van der Waals surface area contributed by atoms with Crippen molar-refractivity contribution in [3.63, 3.8) is 0 Å². The lowest BCUT2D eigenvalue weighted by Gasteiger charge is -2.37. The van der Waals surface area contributed by atoms with Crippen LogP contribution in [0.2, 0.25) is 0 Å². The third-order valence-electron chi connectivity index (χ3n) is 8.30. The van der Waals surface area contributed by atoms with Crippen molar-refractivity contribution in [2.24, 2.45) is 0 Å². The Bertz CT molecular complexity index is 2150. The highest BCUT2D eigenvalue weighted by atomic mass is 19.1. The van der Waals surface area contributed by atoms with E-state index in [9.17, 15) is 28.3 Å². The van der Waals surface area contributed by atoms with E-state index >= 15 is 8.78 Å². The van der Waals surface area contributed by atoms with E-state index in [1.54, 1.807) is 28.0 Å². The number of aromatic carboxylic acids is 1. The number of anilines is 4. The molecule has 2 aliphatic rings. The van der Waals surface area contributed by atoms with Gasteiger partial charge in [-0.25, -0.2) is 32.1 Å². The number of carboxylic acids is 1. The maximum atomic E-state index is 15.5. The smallest absolute Gasteiger partial charge is 0.414 e. The van der Waals surface area contributed by atoms with Gasteiger partial charge in [0, 0.05) is 44.5 Å². The Kier molecular flexibility index (Phi) is 8.01. The Labute approximate surface area is 273 Å². The number of carbonyl (C=O) groups excluding carboxylic acids is 1. The highest BCUT2D eigenvalue weighted by molar-refractivity contribution is 5.93. The second kappa shape index (κ2) is 12.5. The predicted octanol–water partition coefficient (Wildman–Crippen LogP) is 4.39. The zero-order valence-electron chi connectivity index (χ0n) is 25.3. The van der Waals surface area contributed by atoms with Crippen molar-refractivity contribution in [3.8, 4) is 5.69 Å². The number of rotatable bonds is 8. The molecule has 2 aliphatic heterocycles. The van der Waals surface area contributed by atoms with Crippen LogP contribution in [0.1, 0.15) is 10.4 Å². The molecule has 7 rings (SSSR count). The molecule has 5 heterocycles. The molecular formula is C32H25F4N7O6. The van der Waals surface area contributed by atoms with E-state index in [1.807, 2.05) is 0 Å². The monoisotopic (exact) mass is 679 g/mol. The molecule has 17 heteroatoms. The van der Waals surface area contributed by atoms with Gasteiger partial charge in [-0.3, -0.25) is 14.3 Å². The number of carboxylic acid groups (broad SMARTS) is 1. The lowest BCUT2D eigenvalue weighted by molar-refractivity contribution is 0.0695. The molecule has 1 amide bonds. The second-order valence-corrected chi connectivity index (χ2v) is 11.3. The van der Waals surface area contributed by atoms with E-state index < -0.39 is 57.8 Å². The molecule has 3 aromatic heterocycles. The highest BCUT2D eigenvalue weighted by Gasteiger charge is 2.33. The summed E-state index contributed by atoms with van der Waals surface area (Å²) >= 11 is 0. The number of benzene rings is 2. The minimum absolute atomic E-state index is 0.164. The fraction of sp³-hybridized carbons (Fsp3) is 0.219. The topological polar surface area (TPSA) is 146 Å². The largest absolute Gasteiger partial charge is 0.477 e. The van der Waals surface area contributed by atoms with Gasteiger partial charge in [0.25, 0.3) is 0 Å². The van der Waals surface area contributed by atoms with Gasteiger partial charge in [0.15, 0.2) is 23.1 Å². The van der Waals surface area contributed by atoms with E-state index in [4.69, 9.17) is 9.26 Å². The zero-order chi connectivity index (χ0) is 34.4. The van der Waals surface area contributed by atoms with E-state index in [0.29, 0.717) is 17.6 Å². The molecule has 1 unspecified atom stereocenters. The molecule has 49 heavy (non-hydrogen) atoms. The Morgan fingerprint density at radius 2 is 1.65 bits per heavy atom. The quantitative estimate of drug-likeness (QED) is 0.225. The molecule has 0 radical (unpaired) electrons. The number of hydrogen-bond donors (Lipinski definition) is 2. The number of piperazine rings is 1. The molecule has 0 saturated carbocycles. The zero-order valence-corrected chi connectivity index (χ0v) is 25.3. The summed E-state index contributed by atoms with van der Waals surface area (Å²) in [7, 11) is 0. The SMILES string of the molecule is O=C(O)c1cn(-c2ccc(F)cc2F)c2nc(N3CCN(c4ccc(N5CC(CNc6ccon6)OC5=O)cc4F)CC3)c(F)cc2c1=O. The van der Waals surface area contributed by atoms with Crippen LogP contribution in [-0.2, 0) is 4.74 Å². The average Bonchev–Trinajstić information content (AvgIpc) is 3.74. The molecule has 252 valence electrons. The number of cyclic esters (lactones) is 1. The molecule has 0 spiro atoms. The van der Waals surface area contributed by atoms with Crippen molar-refractivity contribution in [3.05, 3.63) is 100 Å². The molecule has 2 saturated heterocycles. The van der Waals surface area contributed by atoms with Gasteiger partial charge in [0.1, 0.15) is 35.4 Å². The fourth-order valence-corrected chi connectivity index (χ4v) is 5.89. The molecule has 0 bridgehead atoms. The minimum Gasteiger partial charge on any atom is -0.477 e. The molecule has 5 aromatic rings. The first-order valence-corrected chi connectivity index (χ1v) is 14.9. The lowest BCUT2D eigenvalue weighted by atomic mass is 10.1. The number of fused-ring (bicyclic) bond motifs is 1. The van der Waals surface area contributed by atoms with E-state index in [2.05, 4.69) is 15.5 Å². The molecule has 0 aliphatic carbocycles. The number of nitrogens with zero attached hydrogens (tertiary/aromatic N) is 6. The Hall–Kier alpha value is -6.13. The summed E-state index contributed by atoms with van der Waals surface area (Å²) in [5.74, 6) is -4.77. The summed E-state index contributed by atoms with van der Waals surface area (Å²) in [4.78, 5) is 46.2. The van der Waals surface area contributed by atoms with E-state index in [-0.39, 0.29) is 62.1 Å². The van der Waals surface area contributed by atoms with Gasteiger partial charge >= 0.3 is 12.1 Å². The first-order chi connectivity index (χ1) is 23.6. The summed E-state index contributed by atoms with van der Waals surface area (Å²) < 4.78 is 70.5. The van der Waals surface area contributed by atoms with Crippen LogP contribution in [0.4, 0.5) is 45.4 Å². The van der Waals surface area contributed by atoms with Crippen LogP contribution in [0.3, 0.4) is 0 Å². The number of aromatic nitrogens is 3. The number of carbonyl (C=O) groups is 2. The van der Waals surface area contributed by atoms with Gasteiger partial charge in [-0.1, -0.05) is 5.16 Å². The normalized spacial score (nSPS) is 16.4. The maximum Gasteiger partial charge on any atom is 0.414 e. The number of ether oxygens (including phenoxy) is 1. The standard InChI is InChI=1S/C32H25F4N7O6/c33-17-1-3-26(22(34)11-17)43-16-21(31(45)46)28(44)20-13-24(36)30(38-29(20)43)41-8-6-40(7-9-41)25-4-2-18(12-23(25)35)42-15-19(49-32(42)47)14-37-27-5-10-48-39-27/h1-5,10-13,16,19H,6-9,14-15H2,(H,37,39)(H,45,46). The second-order valence-electron chi connectivity index (χ2n) is 11.3. The van der Waals surface area contributed by atoms with Gasteiger partial charge in [-0.15, -0.1) is 0 Å².